The molecule has 0 aliphatic rings. The Morgan fingerprint density at radius 2 is 2.12 bits per heavy atom. The SMILES string of the molecule is Cc1cc(OCCC(C)CCCl)ccc1Br. The first-order valence-corrected chi connectivity index (χ1v) is 6.91. The summed E-state index contributed by atoms with van der Waals surface area (Å²) in [6.07, 6.45) is 2.12. The van der Waals surface area contributed by atoms with Crippen LogP contribution in [0.15, 0.2) is 22.7 Å². The normalized spacial score (nSPS) is 12.5. The van der Waals surface area contributed by atoms with E-state index in [2.05, 4.69) is 35.8 Å². The van der Waals surface area contributed by atoms with Crippen molar-refractivity contribution < 1.29 is 4.74 Å². The minimum absolute atomic E-state index is 0.633. The molecule has 0 amide bonds. The predicted octanol–water partition coefficient (Wildman–Crippen LogP) is 4.79. The maximum Gasteiger partial charge on any atom is 0.119 e. The molecule has 0 aliphatic heterocycles. The second kappa shape index (κ2) is 7.18. The highest BCUT2D eigenvalue weighted by Gasteiger charge is 2.02. The van der Waals surface area contributed by atoms with E-state index in [-0.39, 0.29) is 0 Å². The molecule has 16 heavy (non-hydrogen) atoms. The van der Waals surface area contributed by atoms with Crippen LogP contribution in [0.3, 0.4) is 0 Å². The fraction of sp³-hybridized carbons (Fsp3) is 0.538. The van der Waals surface area contributed by atoms with E-state index in [0.717, 1.165) is 35.6 Å². The number of alkyl halides is 1. The molecule has 0 saturated carbocycles. The highest BCUT2D eigenvalue weighted by molar-refractivity contribution is 9.10. The third-order valence-electron chi connectivity index (χ3n) is 2.61. The number of ether oxygens (including phenoxy) is 1. The molecule has 1 unspecified atom stereocenters. The van der Waals surface area contributed by atoms with Gasteiger partial charge < -0.3 is 4.74 Å². The van der Waals surface area contributed by atoms with E-state index in [1.807, 2.05) is 12.1 Å². The maximum atomic E-state index is 5.69. The van der Waals surface area contributed by atoms with Crippen LogP contribution < -0.4 is 4.74 Å². The first-order valence-electron chi connectivity index (χ1n) is 5.58. The Bertz CT molecular complexity index is 328. The van der Waals surface area contributed by atoms with Gasteiger partial charge in [-0.3, -0.25) is 0 Å². The second-order valence-electron chi connectivity index (χ2n) is 4.13. The Balaban J connectivity index is 2.34. The summed E-state index contributed by atoms with van der Waals surface area (Å²) in [5, 5.41) is 0. The lowest BCUT2D eigenvalue weighted by Gasteiger charge is -2.11. The molecule has 0 aromatic heterocycles. The van der Waals surface area contributed by atoms with Crippen molar-refractivity contribution in [2.24, 2.45) is 5.92 Å². The zero-order chi connectivity index (χ0) is 12.0. The first-order chi connectivity index (χ1) is 7.63. The summed E-state index contributed by atoms with van der Waals surface area (Å²) in [7, 11) is 0. The number of benzene rings is 1. The van der Waals surface area contributed by atoms with Crippen LogP contribution in [0.2, 0.25) is 0 Å². The number of halogens is 2. The van der Waals surface area contributed by atoms with Crippen molar-refractivity contribution in [3.63, 3.8) is 0 Å². The van der Waals surface area contributed by atoms with Gasteiger partial charge in [-0.25, -0.2) is 0 Å². The average molecular weight is 306 g/mol. The Morgan fingerprint density at radius 3 is 2.75 bits per heavy atom. The molecule has 0 spiro atoms. The molecular weight excluding hydrogens is 287 g/mol. The zero-order valence-electron chi connectivity index (χ0n) is 9.80. The van der Waals surface area contributed by atoms with Gasteiger partial charge in [-0.1, -0.05) is 22.9 Å². The van der Waals surface area contributed by atoms with Crippen molar-refractivity contribution in [3.8, 4) is 5.75 Å². The second-order valence-corrected chi connectivity index (χ2v) is 5.36. The fourth-order valence-corrected chi connectivity index (χ4v) is 2.03. The van der Waals surface area contributed by atoms with Gasteiger partial charge in [-0.15, -0.1) is 11.6 Å². The van der Waals surface area contributed by atoms with E-state index < -0.39 is 0 Å². The van der Waals surface area contributed by atoms with E-state index in [0.29, 0.717) is 5.92 Å². The summed E-state index contributed by atoms with van der Waals surface area (Å²) in [6.45, 7) is 5.03. The van der Waals surface area contributed by atoms with Crippen molar-refractivity contribution >= 4 is 27.5 Å². The van der Waals surface area contributed by atoms with Gasteiger partial charge in [0, 0.05) is 10.4 Å². The lowest BCUT2D eigenvalue weighted by Crippen LogP contribution is -2.04. The van der Waals surface area contributed by atoms with E-state index in [1.165, 1.54) is 5.56 Å². The number of hydrogen-bond donors (Lipinski definition) is 0. The molecule has 90 valence electrons. The van der Waals surface area contributed by atoms with Gasteiger partial charge in [0.1, 0.15) is 5.75 Å². The van der Waals surface area contributed by atoms with E-state index in [1.54, 1.807) is 0 Å². The van der Waals surface area contributed by atoms with E-state index in [9.17, 15) is 0 Å². The van der Waals surface area contributed by atoms with Gasteiger partial charge in [0.2, 0.25) is 0 Å². The molecule has 0 bridgehead atoms. The third-order valence-corrected chi connectivity index (χ3v) is 3.72. The van der Waals surface area contributed by atoms with Gasteiger partial charge in [0.25, 0.3) is 0 Å². The number of hydrogen-bond acceptors (Lipinski definition) is 1. The largest absolute Gasteiger partial charge is 0.494 e. The lowest BCUT2D eigenvalue weighted by molar-refractivity contribution is 0.282. The molecule has 0 saturated heterocycles. The molecular formula is C13H18BrClO. The smallest absolute Gasteiger partial charge is 0.119 e. The van der Waals surface area contributed by atoms with Crippen LogP contribution in [0.1, 0.15) is 25.3 Å². The van der Waals surface area contributed by atoms with Crippen LogP contribution in [0.25, 0.3) is 0 Å². The predicted molar refractivity (Wildman–Crippen MR) is 73.5 cm³/mol. The Morgan fingerprint density at radius 1 is 1.38 bits per heavy atom. The highest BCUT2D eigenvalue weighted by atomic mass is 79.9. The van der Waals surface area contributed by atoms with Crippen LogP contribution >= 0.6 is 27.5 Å². The van der Waals surface area contributed by atoms with Gasteiger partial charge >= 0.3 is 0 Å². The molecule has 0 heterocycles. The number of aryl methyl sites for hydroxylation is 1. The third kappa shape index (κ3) is 4.75. The minimum Gasteiger partial charge on any atom is -0.494 e. The van der Waals surface area contributed by atoms with Crippen molar-refractivity contribution in [1.82, 2.24) is 0 Å². The summed E-state index contributed by atoms with van der Waals surface area (Å²) in [6, 6.07) is 6.06. The summed E-state index contributed by atoms with van der Waals surface area (Å²) >= 11 is 9.16. The molecule has 0 radical (unpaired) electrons. The maximum absolute atomic E-state index is 5.69. The Labute approximate surface area is 111 Å². The standard InChI is InChI=1S/C13H18BrClO/c1-10(5-7-15)6-8-16-12-3-4-13(14)11(2)9-12/h3-4,9-10H,5-8H2,1-2H3. The van der Waals surface area contributed by atoms with Crippen LogP contribution in [-0.4, -0.2) is 12.5 Å². The summed E-state index contributed by atoms with van der Waals surface area (Å²) in [4.78, 5) is 0. The lowest BCUT2D eigenvalue weighted by atomic mass is 10.1. The topological polar surface area (TPSA) is 9.23 Å². The van der Waals surface area contributed by atoms with Gasteiger partial charge in [-0.2, -0.15) is 0 Å². The monoisotopic (exact) mass is 304 g/mol. The molecule has 1 atom stereocenters. The van der Waals surface area contributed by atoms with Crippen molar-refractivity contribution in [2.75, 3.05) is 12.5 Å². The molecule has 1 nitrogen and oxygen atoms in total. The quantitative estimate of drug-likeness (QED) is 0.687. The van der Waals surface area contributed by atoms with Gasteiger partial charge in [0.15, 0.2) is 0 Å². The summed E-state index contributed by atoms with van der Waals surface area (Å²) < 4.78 is 6.82. The van der Waals surface area contributed by atoms with Crippen LogP contribution in [-0.2, 0) is 0 Å². The fourth-order valence-electron chi connectivity index (χ4n) is 1.42. The molecule has 1 aromatic rings. The molecule has 0 fully saturated rings. The molecule has 0 aliphatic carbocycles. The minimum atomic E-state index is 0.633. The average Bonchev–Trinajstić information content (AvgIpc) is 2.24. The Hall–Kier alpha value is -0.210. The van der Waals surface area contributed by atoms with Crippen LogP contribution in [0.4, 0.5) is 0 Å². The van der Waals surface area contributed by atoms with Crippen LogP contribution in [0.5, 0.6) is 5.75 Å². The molecule has 0 N–H and O–H groups in total. The Kier molecular flexibility index (Phi) is 6.22. The van der Waals surface area contributed by atoms with Crippen molar-refractivity contribution in [2.45, 2.75) is 26.7 Å². The molecule has 1 rings (SSSR count). The summed E-state index contributed by atoms with van der Waals surface area (Å²) in [5.74, 6) is 2.31. The molecule has 1 aromatic carbocycles. The van der Waals surface area contributed by atoms with E-state index >= 15 is 0 Å². The van der Waals surface area contributed by atoms with Crippen molar-refractivity contribution in [3.05, 3.63) is 28.2 Å². The molecule has 3 heteroatoms. The first kappa shape index (κ1) is 13.9. The van der Waals surface area contributed by atoms with E-state index in [4.69, 9.17) is 16.3 Å². The summed E-state index contributed by atoms with van der Waals surface area (Å²) in [5.41, 5.74) is 1.20. The van der Waals surface area contributed by atoms with Crippen LogP contribution in [0, 0.1) is 12.8 Å². The van der Waals surface area contributed by atoms with Gasteiger partial charge in [-0.05, 0) is 49.4 Å². The van der Waals surface area contributed by atoms with Gasteiger partial charge in [0.05, 0.1) is 6.61 Å². The van der Waals surface area contributed by atoms with Crippen molar-refractivity contribution in [1.29, 1.82) is 0 Å². The highest BCUT2D eigenvalue weighted by Crippen LogP contribution is 2.22. The number of rotatable bonds is 6. The zero-order valence-corrected chi connectivity index (χ0v) is 12.1.